The lowest BCUT2D eigenvalue weighted by Crippen LogP contribution is -2.38. The van der Waals surface area contributed by atoms with Crippen LogP contribution in [0, 0.1) is 0 Å². The fraction of sp³-hybridized carbons (Fsp3) is 0.333. The van der Waals surface area contributed by atoms with Crippen LogP contribution in [0.25, 0.3) is 0 Å². The van der Waals surface area contributed by atoms with Crippen LogP contribution in [-0.4, -0.2) is 28.8 Å². The molecule has 0 saturated heterocycles. The normalized spacial score (nSPS) is 10.9. The largest absolute Gasteiger partial charge is 0.357 e. The highest BCUT2D eigenvalue weighted by Crippen LogP contribution is 2.09. The number of rotatable bonds is 6. The topological polar surface area (TPSA) is 54.2 Å². The van der Waals surface area contributed by atoms with Gasteiger partial charge in [0.25, 0.3) is 0 Å². The maximum Gasteiger partial charge on any atom is 0.191 e. The molecule has 0 saturated carbocycles. The Morgan fingerprint density at radius 1 is 1.27 bits per heavy atom. The molecular formula is C15H21ClIN5. The molecule has 5 nitrogen and oxygen atoms in total. The summed E-state index contributed by atoms with van der Waals surface area (Å²) in [7, 11) is 0. The summed E-state index contributed by atoms with van der Waals surface area (Å²) in [5.41, 5.74) is 1.13. The van der Waals surface area contributed by atoms with Crippen molar-refractivity contribution in [1.29, 1.82) is 0 Å². The van der Waals surface area contributed by atoms with Crippen LogP contribution in [-0.2, 0) is 13.1 Å². The molecule has 7 heteroatoms. The van der Waals surface area contributed by atoms with Crippen molar-refractivity contribution in [2.24, 2.45) is 4.99 Å². The van der Waals surface area contributed by atoms with E-state index in [1.165, 1.54) is 0 Å². The minimum atomic E-state index is 0. The monoisotopic (exact) mass is 433 g/mol. The lowest BCUT2D eigenvalue weighted by atomic mass is 10.2. The van der Waals surface area contributed by atoms with Crippen LogP contribution >= 0.6 is 35.6 Å². The third-order valence-corrected chi connectivity index (χ3v) is 3.12. The minimum absolute atomic E-state index is 0. The summed E-state index contributed by atoms with van der Waals surface area (Å²) in [4.78, 5) is 4.55. The van der Waals surface area contributed by atoms with Crippen molar-refractivity contribution in [2.45, 2.75) is 20.0 Å². The molecule has 0 aliphatic heterocycles. The summed E-state index contributed by atoms with van der Waals surface area (Å²) in [5.74, 6) is 0.805. The standard InChI is InChI=1S/C15H20ClN5.HI/c1-2-17-15(18-9-11-21-10-3-8-20-21)19-12-13-4-6-14(16)7-5-13;/h3-8,10H,2,9,11-12H2,1H3,(H2,17,18,19);1H. The highest BCUT2D eigenvalue weighted by atomic mass is 127. The lowest BCUT2D eigenvalue weighted by molar-refractivity contribution is 0.598. The van der Waals surface area contributed by atoms with Crippen LogP contribution < -0.4 is 10.6 Å². The van der Waals surface area contributed by atoms with E-state index < -0.39 is 0 Å². The molecule has 0 spiro atoms. The van der Waals surface area contributed by atoms with Crippen molar-refractivity contribution >= 4 is 41.5 Å². The van der Waals surface area contributed by atoms with Gasteiger partial charge in [0.1, 0.15) is 0 Å². The summed E-state index contributed by atoms with van der Waals surface area (Å²) < 4.78 is 1.88. The summed E-state index contributed by atoms with van der Waals surface area (Å²) in [6.07, 6.45) is 3.72. The number of guanidine groups is 1. The maximum absolute atomic E-state index is 5.87. The predicted molar refractivity (Wildman–Crippen MR) is 102 cm³/mol. The van der Waals surface area contributed by atoms with Crippen molar-refractivity contribution in [1.82, 2.24) is 20.4 Å². The van der Waals surface area contributed by atoms with Crippen LogP contribution in [0.3, 0.4) is 0 Å². The molecule has 0 aliphatic carbocycles. The van der Waals surface area contributed by atoms with Gasteiger partial charge in [-0.3, -0.25) is 4.68 Å². The fourth-order valence-electron chi connectivity index (χ4n) is 1.82. The van der Waals surface area contributed by atoms with Crippen LogP contribution in [0.15, 0.2) is 47.7 Å². The quantitative estimate of drug-likeness (QED) is 0.418. The Bertz CT molecular complexity index is 554. The molecule has 1 aromatic heterocycles. The van der Waals surface area contributed by atoms with Crippen molar-refractivity contribution in [3.8, 4) is 0 Å². The van der Waals surface area contributed by atoms with Crippen LogP contribution in [0.4, 0.5) is 0 Å². The summed E-state index contributed by atoms with van der Waals surface area (Å²) >= 11 is 5.87. The summed E-state index contributed by atoms with van der Waals surface area (Å²) in [6, 6.07) is 9.65. The number of nitrogens with one attached hydrogen (secondary N) is 2. The van der Waals surface area contributed by atoms with Gasteiger partial charge in [-0.05, 0) is 30.7 Å². The molecule has 2 N–H and O–H groups in total. The smallest absolute Gasteiger partial charge is 0.191 e. The van der Waals surface area contributed by atoms with Crippen molar-refractivity contribution < 1.29 is 0 Å². The first kappa shape index (κ1) is 18.8. The zero-order chi connectivity index (χ0) is 14.9. The first-order valence-electron chi connectivity index (χ1n) is 7.02. The Labute approximate surface area is 153 Å². The van der Waals surface area contributed by atoms with Gasteiger partial charge in [0.15, 0.2) is 5.96 Å². The molecule has 22 heavy (non-hydrogen) atoms. The second kappa shape index (κ2) is 10.4. The Hall–Kier alpha value is -1.28. The second-order valence-corrected chi connectivity index (χ2v) is 4.95. The Morgan fingerprint density at radius 2 is 2.05 bits per heavy atom. The van der Waals surface area contributed by atoms with Gasteiger partial charge < -0.3 is 10.6 Å². The maximum atomic E-state index is 5.87. The number of aromatic nitrogens is 2. The lowest BCUT2D eigenvalue weighted by Gasteiger charge is -2.11. The summed E-state index contributed by atoms with van der Waals surface area (Å²) in [5, 5.41) is 11.4. The van der Waals surface area contributed by atoms with Crippen LogP contribution in [0.2, 0.25) is 5.02 Å². The Morgan fingerprint density at radius 3 is 2.68 bits per heavy atom. The van der Waals surface area contributed by atoms with Crippen molar-refractivity contribution in [3.05, 3.63) is 53.3 Å². The molecule has 2 rings (SSSR count). The van der Waals surface area contributed by atoms with Gasteiger partial charge >= 0.3 is 0 Å². The van der Waals surface area contributed by atoms with E-state index in [0.717, 1.165) is 36.2 Å². The molecule has 2 aromatic rings. The van der Waals surface area contributed by atoms with Crippen molar-refractivity contribution in [2.75, 3.05) is 13.1 Å². The minimum Gasteiger partial charge on any atom is -0.357 e. The molecule has 120 valence electrons. The van der Waals surface area contributed by atoms with Gasteiger partial charge in [0.2, 0.25) is 0 Å². The number of benzene rings is 1. The average molecular weight is 434 g/mol. The van der Waals surface area contributed by atoms with E-state index >= 15 is 0 Å². The molecular weight excluding hydrogens is 413 g/mol. The number of nitrogens with zero attached hydrogens (tertiary/aromatic N) is 3. The number of aliphatic imine (C=N–C) groups is 1. The molecule has 0 atom stereocenters. The SMILES string of the molecule is CCNC(=NCc1ccc(Cl)cc1)NCCn1cccn1.I. The molecule has 1 aromatic carbocycles. The molecule has 0 radical (unpaired) electrons. The molecule has 1 heterocycles. The highest BCUT2D eigenvalue weighted by molar-refractivity contribution is 14.0. The average Bonchev–Trinajstić information content (AvgIpc) is 3.00. The van der Waals surface area contributed by atoms with Gasteiger partial charge in [0.05, 0.1) is 13.1 Å². The van der Waals surface area contributed by atoms with E-state index in [1.807, 2.05) is 48.1 Å². The third-order valence-electron chi connectivity index (χ3n) is 2.87. The van der Waals surface area contributed by atoms with E-state index in [-0.39, 0.29) is 24.0 Å². The van der Waals surface area contributed by atoms with E-state index in [9.17, 15) is 0 Å². The third kappa shape index (κ3) is 6.65. The first-order chi connectivity index (χ1) is 10.3. The number of hydrogen-bond acceptors (Lipinski definition) is 2. The first-order valence-corrected chi connectivity index (χ1v) is 7.40. The fourth-order valence-corrected chi connectivity index (χ4v) is 1.95. The molecule has 0 amide bonds. The molecule has 0 aliphatic rings. The van der Waals surface area contributed by atoms with Gasteiger partial charge in [0, 0.05) is 30.5 Å². The van der Waals surface area contributed by atoms with Crippen molar-refractivity contribution in [3.63, 3.8) is 0 Å². The second-order valence-electron chi connectivity index (χ2n) is 4.52. The van der Waals surface area contributed by atoms with Crippen LogP contribution in [0.5, 0.6) is 0 Å². The van der Waals surface area contributed by atoms with Gasteiger partial charge in [-0.15, -0.1) is 24.0 Å². The highest BCUT2D eigenvalue weighted by Gasteiger charge is 1.98. The van der Waals surface area contributed by atoms with Gasteiger partial charge in [-0.1, -0.05) is 23.7 Å². The van der Waals surface area contributed by atoms with Crippen LogP contribution in [0.1, 0.15) is 12.5 Å². The molecule has 0 bridgehead atoms. The number of hydrogen-bond donors (Lipinski definition) is 2. The van der Waals surface area contributed by atoms with Gasteiger partial charge in [-0.25, -0.2) is 4.99 Å². The van der Waals surface area contributed by atoms with E-state index in [0.29, 0.717) is 6.54 Å². The predicted octanol–water partition coefficient (Wildman–Crippen LogP) is 2.91. The Kier molecular flexibility index (Phi) is 8.91. The Balaban J connectivity index is 0.00000242. The number of halogens is 2. The van der Waals surface area contributed by atoms with E-state index in [4.69, 9.17) is 11.6 Å². The molecule has 0 fully saturated rings. The van der Waals surface area contributed by atoms with E-state index in [1.54, 1.807) is 6.20 Å². The zero-order valence-electron chi connectivity index (χ0n) is 12.5. The summed E-state index contributed by atoms with van der Waals surface area (Å²) in [6.45, 7) is 5.07. The zero-order valence-corrected chi connectivity index (χ0v) is 15.6. The van der Waals surface area contributed by atoms with E-state index in [2.05, 4.69) is 20.7 Å². The van der Waals surface area contributed by atoms with Gasteiger partial charge in [-0.2, -0.15) is 5.10 Å². The molecule has 0 unspecified atom stereocenters.